The third-order valence-electron chi connectivity index (χ3n) is 1.33. The van der Waals surface area contributed by atoms with Gasteiger partial charge in [0, 0.05) is 0 Å². The maximum Gasteiger partial charge on any atom is 0.338 e. The third kappa shape index (κ3) is 2.41. The van der Waals surface area contributed by atoms with Gasteiger partial charge in [-0.15, -0.1) is 0 Å². The molecule has 5 heteroatoms. The van der Waals surface area contributed by atoms with Crippen LogP contribution in [0, 0.1) is 0 Å². The van der Waals surface area contributed by atoms with Crippen molar-refractivity contribution in [2.75, 3.05) is 0 Å². The largest absolute Gasteiger partial charge is 0.478 e. The smallest absolute Gasteiger partial charge is 0.338 e. The van der Waals surface area contributed by atoms with Crippen LogP contribution in [0.15, 0.2) is 28.4 Å². The van der Waals surface area contributed by atoms with Gasteiger partial charge in [-0.25, -0.2) is 4.79 Å². The summed E-state index contributed by atoms with van der Waals surface area (Å²) in [6.07, 6.45) is 2.72. The molecule has 0 amide bonds. The summed E-state index contributed by atoms with van der Waals surface area (Å²) in [7, 11) is 0. The monoisotopic (exact) mass is 197 g/mol. The van der Waals surface area contributed by atoms with Crippen LogP contribution in [0.1, 0.15) is 5.76 Å². The van der Waals surface area contributed by atoms with E-state index in [2.05, 4.69) is 12.2 Å². The minimum Gasteiger partial charge on any atom is -0.478 e. The highest BCUT2D eigenvalue weighted by atomic mass is 32.1. The molecule has 0 aliphatic rings. The number of furan rings is 1. The Labute approximate surface area is 79.7 Å². The van der Waals surface area contributed by atoms with Gasteiger partial charge < -0.3 is 15.3 Å². The van der Waals surface area contributed by atoms with Crippen molar-refractivity contribution in [1.82, 2.24) is 0 Å². The quantitative estimate of drug-likeness (QED) is 0.559. The van der Waals surface area contributed by atoms with Crippen molar-refractivity contribution in [3.8, 4) is 0 Å². The second-order valence-electron chi connectivity index (χ2n) is 2.24. The molecule has 4 nitrogen and oxygen atoms in total. The molecule has 0 fully saturated rings. The fourth-order valence-electron chi connectivity index (χ4n) is 0.754. The lowest BCUT2D eigenvalue weighted by atomic mass is 10.2. The highest BCUT2D eigenvalue weighted by Gasteiger charge is 2.10. The molecule has 1 rings (SSSR count). The van der Waals surface area contributed by atoms with E-state index in [0.29, 0.717) is 5.76 Å². The molecule has 0 bridgehead atoms. The summed E-state index contributed by atoms with van der Waals surface area (Å²) in [6, 6.07) is 3.26. The van der Waals surface area contributed by atoms with E-state index in [-0.39, 0.29) is 10.6 Å². The molecule has 0 spiro atoms. The van der Waals surface area contributed by atoms with Gasteiger partial charge >= 0.3 is 5.97 Å². The topological polar surface area (TPSA) is 76.5 Å². The molecule has 0 saturated heterocycles. The van der Waals surface area contributed by atoms with Crippen LogP contribution in [-0.2, 0) is 4.79 Å². The van der Waals surface area contributed by atoms with Gasteiger partial charge in [0.05, 0.1) is 11.8 Å². The molecule has 68 valence electrons. The van der Waals surface area contributed by atoms with Gasteiger partial charge in [0.1, 0.15) is 10.7 Å². The van der Waals surface area contributed by atoms with Crippen LogP contribution in [0.4, 0.5) is 0 Å². The fraction of sp³-hybridized carbons (Fsp3) is 0. The zero-order valence-corrected chi connectivity index (χ0v) is 7.38. The van der Waals surface area contributed by atoms with E-state index in [1.807, 2.05) is 0 Å². The minimum atomic E-state index is -1.16. The molecule has 1 heterocycles. The van der Waals surface area contributed by atoms with Crippen LogP contribution in [0.25, 0.3) is 6.08 Å². The Kier molecular flexibility index (Phi) is 2.81. The molecule has 3 N–H and O–H groups in total. The number of carboxylic acids is 1. The van der Waals surface area contributed by atoms with Crippen LogP contribution < -0.4 is 5.73 Å². The Bertz CT molecular complexity index is 337. The predicted molar refractivity (Wildman–Crippen MR) is 51.1 cm³/mol. The molecule has 1 aromatic heterocycles. The summed E-state index contributed by atoms with van der Waals surface area (Å²) >= 11 is 4.55. The van der Waals surface area contributed by atoms with Gasteiger partial charge in [-0.2, -0.15) is 0 Å². The number of thiocarbonyl (C=S) groups is 1. The lowest BCUT2D eigenvalue weighted by molar-refractivity contribution is -0.131. The average Bonchev–Trinajstić information content (AvgIpc) is 2.50. The number of carboxylic acid groups (broad SMARTS) is 1. The molecule has 0 aliphatic carbocycles. The normalized spacial score (nSPS) is 11.2. The highest BCUT2D eigenvalue weighted by molar-refractivity contribution is 7.80. The minimum absolute atomic E-state index is 0.134. The molecule has 0 atom stereocenters. The molecule has 0 radical (unpaired) electrons. The van der Waals surface area contributed by atoms with E-state index < -0.39 is 5.97 Å². The molecular formula is C8H7NO3S. The predicted octanol–water partition coefficient (Wildman–Crippen LogP) is 1.03. The van der Waals surface area contributed by atoms with E-state index in [0.717, 1.165) is 0 Å². The summed E-state index contributed by atoms with van der Waals surface area (Å²) in [5, 5.41) is 8.67. The van der Waals surface area contributed by atoms with Crippen molar-refractivity contribution in [3.05, 3.63) is 29.7 Å². The SMILES string of the molecule is NC(=S)/C(=C/c1ccco1)C(=O)O. The van der Waals surface area contributed by atoms with E-state index in [4.69, 9.17) is 15.3 Å². The molecule has 1 aromatic rings. The number of hydrogen-bond acceptors (Lipinski definition) is 3. The molecule has 0 aliphatic heterocycles. The molecular weight excluding hydrogens is 190 g/mol. The zero-order chi connectivity index (χ0) is 9.84. The first kappa shape index (κ1) is 9.47. The summed E-state index contributed by atoms with van der Waals surface area (Å²) in [4.78, 5) is 10.4. The summed E-state index contributed by atoms with van der Waals surface area (Å²) in [5.41, 5.74) is 5.06. The first-order valence-corrected chi connectivity index (χ1v) is 3.80. The highest BCUT2D eigenvalue weighted by Crippen LogP contribution is 2.07. The van der Waals surface area contributed by atoms with E-state index >= 15 is 0 Å². The van der Waals surface area contributed by atoms with E-state index in [1.54, 1.807) is 12.1 Å². The molecule has 0 saturated carbocycles. The lowest BCUT2D eigenvalue weighted by Gasteiger charge is -1.96. The van der Waals surface area contributed by atoms with Gasteiger partial charge in [-0.05, 0) is 18.2 Å². The van der Waals surface area contributed by atoms with Gasteiger partial charge in [0.15, 0.2) is 0 Å². The first-order valence-electron chi connectivity index (χ1n) is 3.39. The average molecular weight is 197 g/mol. The van der Waals surface area contributed by atoms with Crippen molar-refractivity contribution >= 4 is 29.3 Å². The fourth-order valence-corrected chi connectivity index (χ4v) is 0.900. The number of hydrogen-bond donors (Lipinski definition) is 2. The lowest BCUT2D eigenvalue weighted by Crippen LogP contribution is -2.17. The van der Waals surface area contributed by atoms with Crippen LogP contribution in [0.2, 0.25) is 0 Å². The Morgan fingerprint density at radius 2 is 2.38 bits per heavy atom. The molecule has 13 heavy (non-hydrogen) atoms. The summed E-state index contributed by atoms with van der Waals surface area (Å²) < 4.78 is 4.91. The van der Waals surface area contributed by atoms with E-state index in [1.165, 1.54) is 12.3 Å². The zero-order valence-electron chi connectivity index (χ0n) is 6.56. The summed E-state index contributed by atoms with van der Waals surface area (Å²) in [6.45, 7) is 0. The maximum atomic E-state index is 10.6. The van der Waals surface area contributed by atoms with Gasteiger partial charge in [-0.3, -0.25) is 0 Å². The number of nitrogens with two attached hydrogens (primary N) is 1. The number of aliphatic carboxylic acids is 1. The van der Waals surface area contributed by atoms with Crippen LogP contribution >= 0.6 is 12.2 Å². The van der Waals surface area contributed by atoms with Crippen molar-refractivity contribution in [1.29, 1.82) is 0 Å². The van der Waals surface area contributed by atoms with Crippen molar-refractivity contribution in [3.63, 3.8) is 0 Å². The van der Waals surface area contributed by atoms with Gasteiger partial charge in [-0.1, -0.05) is 12.2 Å². The van der Waals surface area contributed by atoms with Gasteiger partial charge in [0.2, 0.25) is 0 Å². The van der Waals surface area contributed by atoms with Crippen molar-refractivity contribution in [2.24, 2.45) is 5.73 Å². The number of carbonyl (C=O) groups is 1. The van der Waals surface area contributed by atoms with Crippen LogP contribution in [0.3, 0.4) is 0 Å². The second kappa shape index (κ2) is 3.86. The van der Waals surface area contributed by atoms with Crippen molar-refractivity contribution < 1.29 is 14.3 Å². The van der Waals surface area contributed by atoms with Gasteiger partial charge in [0.25, 0.3) is 0 Å². The Hall–Kier alpha value is -1.62. The maximum absolute atomic E-state index is 10.6. The van der Waals surface area contributed by atoms with Crippen LogP contribution in [-0.4, -0.2) is 16.1 Å². The summed E-state index contributed by atoms with van der Waals surface area (Å²) in [5.74, 6) is -0.755. The van der Waals surface area contributed by atoms with Crippen molar-refractivity contribution in [2.45, 2.75) is 0 Å². The van der Waals surface area contributed by atoms with Crippen LogP contribution in [0.5, 0.6) is 0 Å². The standard InChI is InChI=1S/C8H7NO3S/c9-7(13)6(8(10)11)4-5-2-1-3-12-5/h1-4H,(H2,9,13)(H,10,11)/b6-4-. The third-order valence-corrected chi connectivity index (χ3v) is 1.55. The molecule has 0 aromatic carbocycles. The first-order chi connectivity index (χ1) is 6.11. The molecule has 0 unspecified atom stereocenters. The Morgan fingerprint density at radius 3 is 2.77 bits per heavy atom. The Balaban J connectivity index is 3.01. The van der Waals surface area contributed by atoms with E-state index in [9.17, 15) is 4.79 Å². The number of rotatable bonds is 3. The Morgan fingerprint density at radius 1 is 1.69 bits per heavy atom. The second-order valence-corrected chi connectivity index (χ2v) is 2.68.